The minimum atomic E-state index is -1.40. The van der Waals surface area contributed by atoms with Crippen LogP contribution in [0.15, 0.2) is 60.7 Å². The Bertz CT molecular complexity index is 1450. The van der Waals surface area contributed by atoms with Gasteiger partial charge in [0.05, 0.1) is 35.1 Å². The molecule has 41 heavy (non-hydrogen) atoms. The highest BCUT2D eigenvalue weighted by atomic mass is 35.5. The van der Waals surface area contributed by atoms with Gasteiger partial charge < -0.3 is 26.2 Å². The molecule has 0 fully saturated rings. The van der Waals surface area contributed by atoms with Crippen molar-refractivity contribution in [2.45, 2.75) is 25.3 Å². The van der Waals surface area contributed by atoms with Gasteiger partial charge in [-0.2, -0.15) is 0 Å². The summed E-state index contributed by atoms with van der Waals surface area (Å²) >= 11 is 12.7. The molecule has 0 radical (unpaired) electrons. The first-order chi connectivity index (χ1) is 19.5. The summed E-state index contributed by atoms with van der Waals surface area (Å²) in [6, 6.07) is 15.3. The molecule has 3 rings (SSSR count). The molecule has 1 atom stereocenters. The van der Waals surface area contributed by atoms with E-state index in [0.29, 0.717) is 22.4 Å². The number of rotatable bonds is 13. The largest absolute Gasteiger partial charge is 0.497 e. The normalized spacial score (nSPS) is 11.3. The summed E-state index contributed by atoms with van der Waals surface area (Å²) in [5, 5.41) is 21.9. The number of carboxylic acid groups (broad SMARTS) is 1. The van der Waals surface area contributed by atoms with Crippen LogP contribution < -0.4 is 21.1 Å². The number of Topliss-reactive ketones (excluding diaryl/α,β-unsaturated/α-hetero) is 1. The molecule has 10 nitrogen and oxygen atoms in total. The van der Waals surface area contributed by atoms with Crippen molar-refractivity contribution in [3.8, 4) is 16.9 Å². The van der Waals surface area contributed by atoms with Gasteiger partial charge in [0.1, 0.15) is 11.8 Å². The van der Waals surface area contributed by atoms with Gasteiger partial charge in [-0.25, -0.2) is 4.79 Å². The quantitative estimate of drug-likeness (QED) is 0.145. The average molecular weight is 599 g/mol. The Morgan fingerprint density at radius 3 is 2.22 bits per heavy atom. The summed E-state index contributed by atoms with van der Waals surface area (Å²) in [6.45, 7) is -0.333. The molecule has 214 valence electrons. The van der Waals surface area contributed by atoms with Crippen molar-refractivity contribution in [1.82, 2.24) is 10.6 Å². The van der Waals surface area contributed by atoms with Crippen molar-refractivity contribution in [2.24, 2.45) is 5.73 Å². The van der Waals surface area contributed by atoms with Crippen molar-refractivity contribution in [3.05, 3.63) is 87.4 Å². The third kappa shape index (κ3) is 8.79. The maximum absolute atomic E-state index is 12.9. The summed E-state index contributed by atoms with van der Waals surface area (Å²) in [5.41, 5.74) is 7.69. The number of nitrogens with two attached hydrogens (primary N) is 1. The summed E-state index contributed by atoms with van der Waals surface area (Å²) in [4.78, 5) is 49.5. The number of benzene rings is 3. The van der Waals surface area contributed by atoms with Crippen molar-refractivity contribution in [2.75, 3.05) is 13.7 Å². The Labute approximate surface area is 246 Å². The van der Waals surface area contributed by atoms with Gasteiger partial charge in [0.25, 0.3) is 11.8 Å². The molecule has 0 heterocycles. The SMILES string of the molecule is COc1ccc(-c2cc(Cl)c(C(=O)N[C@@H](CCC(=O)CNC(=O)c3cccc(CC(=N)N)c3)C(=O)O)c(Cl)c2)cc1. The second-order valence-corrected chi connectivity index (χ2v) is 9.88. The van der Waals surface area contributed by atoms with Gasteiger partial charge in [0.15, 0.2) is 5.78 Å². The Morgan fingerprint density at radius 2 is 1.63 bits per heavy atom. The fourth-order valence-electron chi connectivity index (χ4n) is 3.95. The van der Waals surface area contributed by atoms with E-state index in [1.807, 2.05) is 0 Å². The minimum absolute atomic E-state index is 0.0242. The van der Waals surface area contributed by atoms with E-state index in [4.69, 9.17) is 39.1 Å². The molecule has 0 unspecified atom stereocenters. The molecule has 3 aromatic rings. The lowest BCUT2D eigenvalue weighted by Crippen LogP contribution is -2.41. The van der Waals surface area contributed by atoms with Crippen LogP contribution in [0.2, 0.25) is 10.0 Å². The molecule has 0 saturated carbocycles. The summed E-state index contributed by atoms with van der Waals surface area (Å²) in [6.07, 6.45) is -0.256. The van der Waals surface area contributed by atoms with Crippen LogP contribution in [-0.2, 0) is 16.0 Å². The molecule has 0 aliphatic heterocycles. The van der Waals surface area contributed by atoms with E-state index < -0.39 is 29.6 Å². The third-order valence-electron chi connectivity index (χ3n) is 6.04. The number of halogens is 2. The van der Waals surface area contributed by atoms with Crippen LogP contribution >= 0.6 is 23.2 Å². The molecule has 2 amide bonds. The number of amidine groups is 1. The second-order valence-electron chi connectivity index (χ2n) is 9.07. The molecule has 12 heteroatoms. The maximum Gasteiger partial charge on any atom is 0.326 e. The first-order valence-corrected chi connectivity index (χ1v) is 13.1. The average Bonchev–Trinajstić information content (AvgIpc) is 2.93. The monoisotopic (exact) mass is 598 g/mol. The second kappa shape index (κ2) is 14.3. The third-order valence-corrected chi connectivity index (χ3v) is 6.63. The zero-order valence-electron chi connectivity index (χ0n) is 22.0. The molecule has 0 aliphatic carbocycles. The highest BCUT2D eigenvalue weighted by Gasteiger charge is 2.25. The van der Waals surface area contributed by atoms with Crippen molar-refractivity contribution in [1.29, 1.82) is 5.41 Å². The fraction of sp³-hybridized carbons (Fsp3) is 0.207. The smallest absolute Gasteiger partial charge is 0.326 e. The van der Waals surface area contributed by atoms with Crippen molar-refractivity contribution >= 4 is 52.6 Å². The van der Waals surface area contributed by atoms with Crippen LogP contribution in [-0.4, -0.2) is 54.2 Å². The number of amides is 2. The highest BCUT2D eigenvalue weighted by Crippen LogP contribution is 2.32. The van der Waals surface area contributed by atoms with Crippen LogP contribution in [0.1, 0.15) is 39.1 Å². The number of hydrogen-bond acceptors (Lipinski definition) is 6. The number of carbonyl (C=O) groups excluding carboxylic acids is 3. The van der Waals surface area contributed by atoms with E-state index in [9.17, 15) is 24.3 Å². The summed E-state index contributed by atoms with van der Waals surface area (Å²) < 4.78 is 5.15. The number of hydrogen-bond donors (Lipinski definition) is 5. The van der Waals surface area contributed by atoms with Crippen LogP contribution in [0.5, 0.6) is 5.75 Å². The van der Waals surface area contributed by atoms with Gasteiger partial charge in [-0.15, -0.1) is 0 Å². The van der Waals surface area contributed by atoms with E-state index in [2.05, 4.69) is 10.6 Å². The molecule has 6 N–H and O–H groups in total. The summed E-state index contributed by atoms with van der Waals surface area (Å²) in [7, 11) is 1.55. The Morgan fingerprint density at radius 1 is 0.976 bits per heavy atom. The number of ketones is 1. The highest BCUT2D eigenvalue weighted by molar-refractivity contribution is 6.40. The van der Waals surface area contributed by atoms with Crippen LogP contribution in [0.4, 0.5) is 0 Å². The maximum atomic E-state index is 12.9. The van der Waals surface area contributed by atoms with Gasteiger partial charge in [0.2, 0.25) is 0 Å². The summed E-state index contributed by atoms with van der Waals surface area (Å²) in [5.74, 6) is -2.47. The van der Waals surface area contributed by atoms with E-state index in [1.54, 1.807) is 67.8 Å². The van der Waals surface area contributed by atoms with E-state index in [1.165, 1.54) is 0 Å². The number of aliphatic carboxylic acids is 1. The topological polar surface area (TPSA) is 172 Å². The van der Waals surface area contributed by atoms with Crippen LogP contribution in [0.25, 0.3) is 11.1 Å². The molecule has 0 aromatic heterocycles. The lowest BCUT2D eigenvalue weighted by molar-refractivity contribution is -0.139. The van der Waals surface area contributed by atoms with Gasteiger partial charge in [0, 0.05) is 18.4 Å². The first-order valence-electron chi connectivity index (χ1n) is 12.4. The van der Waals surface area contributed by atoms with E-state index in [-0.39, 0.29) is 47.3 Å². The first kappa shape index (κ1) is 31.1. The Kier molecular flexibility index (Phi) is 10.8. The molecule has 0 spiro atoms. The molecule has 0 aliphatic rings. The lowest BCUT2D eigenvalue weighted by atomic mass is 10.0. The molecular weight excluding hydrogens is 571 g/mol. The number of methoxy groups -OCH3 is 1. The zero-order chi connectivity index (χ0) is 30.1. The Hall–Kier alpha value is -4.41. The van der Waals surface area contributed by atoms with E-state index >= 15 is 0 Å². The van der Waals surface area contributed by atoms with Gasteiger partial charge in [-0.1, -0.05) is 47.5 Å². The predicted octanol–water partition coefficient (Wildman–Crippen LogP) is 4.11. The number of carbonyl (C=O) groups is 4. The van der Waals surface area contributed by atoms with Gasteiger partial charge in [-0.05, 0) is 59.5 Å². The number of carboxylic acids is 1. The lowest BCUT2D eigenvalue weighted by Gasteiger charge is -2.16. The fourth-order valence-corrected chi connectivity index (χ4v) is 4.60. The van der Waals surface area contributed by atoms with Gasteiger partial charge >= 0.3 is 5.97 Å². The molecular formula is C29H28Cl2N4O6. The minimum Gasteiger partial charge on any atom is -0.497 e. The van der Waals surface area contributed by atoms with Crippen LogP contribution in [0.3, 0.4) is 0 Å². The predicted molar refractivity (Wildman–Crippen MR) is 156 cm³/mol. The number of nitrogens with one attached hydrogen (secondary N) is 3. The van der Waals surface area contributed by atoms with Crippen molar-refractivity contribution in [3.63, 3.8) is 0 Å². The molecule has 0 saturated heterocycles. The van der Waals surface area contributed by atoms with Crippen molar-refractivity contribution < 1.29 is 29.0 Å². The molecule has 3 aromatic carbocycles. The Balaban J connectivity index is 1.59. The molecule has 0 bridgehead atoms. The van der Waals surface area contributed by atoms with Gasteiger partial charge in [-0.3, -0.25) is 19.8 Å². The standard InChI is InChI=1S/C29H28Cl2N4O6/c1-41-21-8-5-17(6-9-21)19-13-22(30)26(23(31)14-19)28(38)35-24(29(39)40)10-7-20(36)15-34-27(37)18-4-2-3-16(11-18)12-25(32)33/h2-6,8-9,11,13-14,24H,7,10,12,15H2,1H3,(H3,32,33)(H,34,37)(H,35,38)(H,39,40)/t24-/m0/s1. The van der Waals surface area contributed by atoms with E-state index in [0.717, 1.165) is 5.56 Å². The zero-order valence-corrected chi connectivity index (χ0v) is 23.5. The number of ether oxygens (including phenoxy) is 1. The van der Waals surface area contributed by atoms with Crippen LogP contribution in [0, 0.1) is 5.41 Å².